The molecule has 0 aliphatic heterocycles. The first-order chi connectivity index (χ1) is 8.25. The minimum Gasteiger partial charge on any atom is -0.356 e. The van der Waals surface area contributed by atoms with Crippen molar-refractivity contribution in [1.29, 1.82) is 0 Å². The molecule has 0 bridgehead atoms. The Labute approximate surface area is 98.9 Å². The van der Waals surface area contributed by atoms with Gasteiger partial charge in [0.15, 0.2) is 5.58 Å². The van der Waals surface area contributed by atoms with Crippen LogP contribution in [0.4, 0.5) is 0 Å². The quantitative estimate of drug-likeness (QED) is 0.676. The predicted octanol–water partition coefficient (Wildman–Crippen LogP) is 2.69. The Morgan fingerprint density at radius 3 is 2.82 bits per heavy atom. The monoisotopic (exact) mass is 227 g/mol. The molecule has 2 heterocycles. The van der Waals surface area contributed by atoms with Gasteiger partial charge < -0.3 is 9.09 Å². The first-order valence-corrected chi connectivity index (χ1v) is 5.57. The molecule has 0 fully saturated rings. The number of aromatic nitrogens is 3. The number of nitrogens with zero attached hydrogens (tertiary/aromatic N) is 3. The number of imidazole rings is 1. The number of benzene rings is 1. The number of para-hydroxylation sites is 1. The minimum atomic E-state index is 0.698. The molecule has 0 radical (unpaired) electrons. The highest BCUT2D eigenvalue weighted by molar-refractivity contribution is 5.79. The SMILES string of the molecule is Cc1ncn(Cc2noc3ccccc23)c1C. The molecule has 3 aromatic rings. The molecule has 17 heavy (non-hydrogen) atoms. The second kappa shape index (κ2) is 3.73. The topological polar surface area (TPSA) is 43.9 Å². The summed E-state index contributed by atoms with van der Waals surface area (Å²) in [6.07, 6.45) is 1.84. The molecule has 0 unspecified atom stereocenters. The second-order valence-electron chi connectivity index (χ2n) is 4.17. The van der Waals surface area contributed by atoms with Crippen molar-refractivity contribution in [3.05, 3.63) is 47.7 Å². The van der Waals surface area contributed by atoms with E-state index in [9.17, 15) is 0 Å². The summed E-state index contributed by atoms with van der Waals surface area (Å²) in [5.74, 6) is 0. The summed E-state index contributed by atoms with van der Waals surface area (Å²) in [5.41, 5.74) is 3.99. The van der Waals surface area contributed by atoms with E-state index in [0.29, 0.717) is 6.54 Å². The fourth-order valence-corrected chi connectivity index (χ4v) is 1.92. The normalized spacial score (nSPS) is 11.2. The van der Waals surface area contributed by atoms with Crippen molar-refractivity contribution in [2.75, 3.05) is 0 Å². The van der Waals surface area contributed by atoms with E-state index in [4.69, 9.17) is 4.52 Å². The molecule has 0 spiro atoms. The summed E-state index contributed by atoms with van der Waals surface area (Å²) in [6.45, 7) is 4.76. The zero-order chi connectivity index (χ0) is 11.8. The minimum absolute atomic E-state index is 0.698. The highest BCUT2D eigenvalue weighted by Crippen LogP contribution is 2.19. The molecule has 0 amide bonds. The van der Waals surface area contributed by atoms with Gasteiger partial charge in [0.05, 0.1) is 18.6 Å². The number of hydrogen-bond acceptors (Lipinski definition) is 3. The lowest BCUT2D eigenvalue weighted by Crippen LogP contribution is -2.01. The van der Waals surface area contributed by atoms with E-state index in [1.54, 1.807) is 0 Å². The van der Waals surface area contributed by atoms with Gasteiger partial charge in [-0.1, -0.05) is 17.3 Å². The van der Waals surface area contributed by atoms with Crippen molar-refractivity contribution >= 4 is 11.0 Å². The maximum absolute atomic E-state index is 5.28. The molecule has 0 aliphatic rings. The van der Waals surface area contributed by atoms with Gasteiger partial charge >= 0.3 is 0 Å². The lowest BCUT2D eigenvalue weighted by Gasteiger charge is -2.02. The Bertz CT molecular complexity index is 666. The molecule has 0 atom stereocenters. The standard InChI is InChI=1S/C13H13N3O/c1-9-10(2)16(8-14-9)7-12-11-5-3-4-6-13(11)17-15-12/h3-6,8H,7H2,1-2H3. The Morgan fingerprint density at radius 1 is 1.24 bits per heavy atom. The number of rotatable bonds is 2. The van der Waals surface area contributed by atoms with Gasteiger partial charge in [-0.25, -0.2) is 4.98 Å². The summed E-state index contributed by atoms with van der Waals surface area (Å²) >= 11 is 0. The third kappa shape index (κ3) is 1.62. The third-order valence-electron chi connectivity index (χ3n) is 3.12. The smallest absolute Gasteiger partial charge is 0.167 e. The van der Waals surface area contributed by atoms with Gasteiger partial charge in [0.1, 0.15) is 5.69 Å². The molecule has 0 N–H and O–H groups in total. The van der Waals surface area contributed by atoms with Crippen molar-refractivity contribution < 1.29 is 4.52 Å². The maximum atomic E-state index is 5.28. The lowest BCUT2D eigenvalue weighted by atomic mass is 10.2. The van der Waals surface area contributed by atoms with E-state index < -0.39 is 0 Å². The molecular formula is C13H13N3O. The van der Waals surface area contributed by atoms with Crippen LogP contribution >= 0.6 is 0 Å². The van der Waals surface area contributed by atoms with E-state index in [-0.39, 0.29) is 0 Å². The van der Waals surface area contributed by atoms with Crippen molar-refractivity contribution in [3.63, 3.8) is 0 Å². The van der Waals surface area contributed by atoms with Crippen LogP contribution in [0.5, 0.6) is 0 Å². The van der Waals surface area contributed by atoms with Gasteiger partial charge in [0.2, 0.25) is 0 Å². The Kier molecular flexibility index (Phi) is 2.21. The van der Waals surface area contributed by atoms with E-state index in [1.807, 2.05) is 37.5 Å². The van der Waals surface area contributed by atoms with Crippen molar-refractivity contribution in [3.8, 4) is 0 Å². The summed E-state index contributed by atoms with van der Waals surface area (Å²) < 4.78 is 7.37. The average Bonchev–Trinajstić information content (AvgIpc) is 2.89. The molecule has 4 nitrogen and oxygen atoms in total. The molecular weight excluding hydrogens is 214 g/mol. The molecule has 0 saturated carbocycles. The number of fused-ring (bicyclic) bond motifs is 1. The van der Waals surface area contributed by atoms with Crippen LogP contribution < -0.4 is 0 Å². The van der Waals surface area contributed by atoms with Crippen LogP contribution in [0.1, 0.15) is 17.1 Å². The summed E-state index contributed by atoms with van der Waals surface area (Å²) in [5, 5.41) is 5.19. The largest absolute Gasteiger partial charge is 0.356 e. The van der Waals surface area contributed by atoms with Gasteiger partial charge in [0, 0.05) is 11.1 Å². The molecule has 2 aromatic heterocycles. The van der Waals surface area contributed by atoms with Crippen LogP contribution in [-0.4, -0.2) is 14.7 Å². The van der Waals surface area contributed by atoms with Crippen LogP contribution in [-0.2, 0) is 6.54 Å². The van der Waals surface area contributed by atoms with E-state index in [1.165, 1.54) is 0 Å². The van der Waals surface area contributed by atoms with Crippen LogP contribution in [0, 0.1) is 13.8 Å². The van der Waals surface area contributed by atoms with Gasteiger partial charge in [-0.15, -0.1) is 0 Å². The first kappa shape index (κ1) is 10.1. The third-order valence-corrected chi connectivity index (χ3v) is 3.12. The number of aryl methyl sites for hydroxylation is 1. The van der Waals surface area contributed by atoms with Gasteiger partial charge in [-0.3, -0.25) is 0 Å². The molecule has 0 aliphatic carbocycles. The second-order valence-corrected chi connectivity index (χ2v) is 4.17. The summed E-state index contributed by atoms with van der Waals surface area (Å²) in [6, 6.07) is 7.90. The summed E-state index contributed by atoms with van der Waals surface area (Å²) in [7, 11) is 0. The Balaban J connectivity index is 2.03. The van der Waals surface area contributed by atoms with Crippen molar-refractivity contribution in [1.82, 2.24) is 14.7 Å². The van der Waals surface area contributed by atoms with Crippen molar-refractivity contribution in [2.24, 2.45) is 0 Å². The molecule has 4 heteroatoms. The fraction of sp³-hybridized carbons (Fsp3) is 0.231. The average molecular weight is 227 g/mol. The first-order valence-electron chi connectivity index (χ1n) is 5.57. The van der Waals surface area contributed by atoms with Crippen molar-refractivity contribution in [2.45, 2.75) is 20.4 Å². The highest BCUT2D eigenvalue weighted by atomic mass is 16.5. The van der Waals surface area contributed by atoms with Gasteiger partial charge in [-0.05, 0) is 26.0 Å². The molecule has 3 rings (SSSR count). The Morgan fingerprint density at radius 2 is 2.06 bits per heavy atom. The molecule has 1 aromatic carbocycles. The van der Waals surface area contributed by atoms with E-state index >= 15 is 0 Å². The van der Waals surface area contributed by atoms with Crippen LogP contribution in [0.2, 0.25) is 0 Å². The molecule has 0 saturated heterocycles. The maximum Gasteiger partial charge on any atom is 0.167 e. The molecule has 86 valence electrons. The van der Waals surface area contributed by atoms with Gasteiger partial charge in [0.25, 0.3) is 0 Å². The lowest BCUT2D eigenvalue weighted by molar-refractivity contribution is 0.443. The highest BCUT2D eigenvalue weighted by Gasteiger charge is 2.09. The number of hydrogen-bond donors (Lipinski definition) is 0. The van der Waals surface area contributed by atoms with Gasteiger partial charge in [-0.2, -0.15) is 0 Å². The van der Waals surface area contributed by atoms with Crippen LogP contribution in [0.3, 0.4) is 0 Å². The Hall–Kier alpha value is -2.10. The summed E-state index contributed by atoms with van der Waals surface area (Å²) in [4.78, 5) is 4.28. The van der Waals surface area contributed by atoms with Crippen LogP contribution in [0.25, 0.3) is 11.0 Å². The zero-order valence-corrected chi connectivity index (χ0v) is 9.84. The fourth-order valence-electron chi connectivity index (χ4n) is 1.92. The van der Waals surface area contributed by atoms with Crippen LogP contribution in [0.15, 0.2) is 35.1 Å². The predicted molar refractivity (Wildman–Crippen MR) is 64.8 cm³/mol. The van der Waals surface area contributed by atoms with E-state index in [2.05, 4.69) is 21.6 Å². The van der Waals surface area contributed by atoms with E-state index in [0.717, 1.165) is 28.1 Å². The zero-order valence-electron chi connectivity index (χ0n) is 9.84.